The normalized spacial score (nSPS) is 43.8. The third kappa shape index (κ3) is 1.88. The molecular weight excluding hydrogens is 340 g/mol. The maximum atomic E-state index is 12.6. The lowest BCUT2D eigenvalue weighted by Gasteiger charge is -2.55. The lowest BCUT2D eigenvalue weighted by molar-refractivity contribution is -0.156. The van der Waals surface area contributed by atoms with Gasteiger partial charge in [0.15, 0.2) is 0 Å². The lowest BCUT2D eigenvalue weighted by atomic mass is 9.48. The number of rotatable bonds is 1. The molecule has 3 N–H and O–H groups in total. The first-order valence-electron chi connectivity index (χ1n) is 8.97. The van der Waals surface area contributed by atoms with Gasteiger partial charge < -0.3 is 24.5 Å². The molecule has 0 aromatic carbocycles. The Kier molecular flexibility index (Phi) is 3.53. The zero-order valence-corrected chi connectivity index (χ0v) is 15.2. The van der Waals surface area contributed by atoms with Crippen molar-refractivity contribution in [2.45, 2.75) is 69.9 Å². The Labute approximate surface area is 150 Å². The first kappa shape index (κ1) is 17.7. The Bertz CT molecular complexity index is 843. The second kappa shape index (κ2) is 5.18. The van der Waals surface area contributed by atoms with Crippen LogP contribution in [0.3, 0.4) is 0 Å². The van der Waals surface area contributed by atoms with Crippen molar-refractivity contribution < 1.29 is 29.3 Å². The summed E-state index contributed by atoms with van der Waals surface area (Å²) in [5.41, 5.74) is -1.95. The van der Waals surface area contributed by atoms with Crippen molar-refractivity contribution in [3.8, 4) is 0 Å². The summed E-state index contributed by atoms with van der Waals surface area (Å²) >= 11 is 0. The van der Waals surface area contributed by atoms with Crippen LogP contribution in [0.1, 0.15) is 63.0 Å². The molecule has 2 aliphatic carbocycles. The van der Waals surface area contributed by atoms with Crippen molar-refractivity contribution in [2.75, 3.05) is 0 Å². The van der Waals surface area contributed by atoms with Crippen LogP contribution in [-0.4, -0.2) is 39.6 Å². The molecule has 0 unspecified atom stereocenters. The number of hydrogen-bond donors (Lipinski definition) is 3. The molecule has 1 aromatic heterocycles. The Balaban J connectivity index is 2.08. The van der Waals surface area contributed by atoms with E-state index in [1.165, 1.54) is 6.07 Å². The summed E-state index contributed by atoms with van der Waals surface area (Å²) in [4.78, 5) is 24.8. The van der Waals surface area contributed by atoms with Gasteiger partial charge in [-0.05, 0) is 18.9 Å². The van der Waals surface area contributed by atoms with Crippen LogP contribution in [0.25, 0.3) is 0 Å². The van der Waals surface area contributed by atoms with Crippen LogP contribution in [-0.2, 0) is 14.9 Å². The molecule has 0 bridgehead atoms. The van der Waals surface area contributed by atoms with E-state index in [2.05, 4.69) is 0 Å². The minimum absolute atomic E-state index is 0.0459. The molecule has 0 radical (unpaired) electrons. The highest BCUT2D eigenvalue weighted by Gasteiger charge is 2.71. The standard InChI is InChI=1S/C19H24O7/c1-7(2)13-11-8(5-10(21)25-13)19(4)15-14(12(11)22)26-17(24)18(15,3)6-9(20)16(19)23/h5,7,9,12,14-16,20,22-23H,6H2,1-4H3/t9-,12-,14-,15+,16-,18+,19-/m1/s1. The molecular formula is C19H24O7. The van der Waals surface area contributed by atoms with Crippen molar-refractivity contribution in [2.24, 2.45) is 11.3 Å². The van der Waals surface area contributed by atoms with Gasteiger partial charge in [0.1, 0.15) is 18.0 Å². The molecule has 2 fully saturated rings. The van der Waals surface area contributed by atoms with Crippen LogP contribution < -0.4 is 5.63 Å². The summed E-state index contributed by atoms with van der Waals surface area (Å²) in [6.07, 6.45) is -4.32. The van der Waals surface area contributed by atoms with Gasteiger partial charge in [-0.2, -0.15) is 0 Å². The Morgan fingerprint density at radius 1 is 1.19 bits per heavy atom. The van der Waals surface area contributed by atoms with E-state index in [0.717, 1.165) is 0 Å². The van der Waals surface area contributed by atoms with Crippen LogP contribution >= 0.6 is 0 Å². The first-order valence-corrected chi connectivity index (χ1v) is 8.97. The van der Waals surface area contributed by atoms with Crippen LogP contribution in [0.4, 0.5) is 0 Å². The smallest absolute Gasteiger partial charge is 0.336 e. The van der Waals surface area contributed by atoms with Gasteiger partial charge in [-0.3, -0.25) is 4.79 Å². The average Bonchev–Trinajstić information content (AvgIpc) is 2.82. The highest BCUT2D eigenvalue weighted by Crippen LogP contribution is 2.63. The van der Waals surface area contributed by atoms with Crippen molar-refractivity contribution in [1.82, 2.24) is 0 Å². The van der Waals surface area contributed by atoms with Gasteiger partial charge in [-0.15, -0.1) is 0 Å². The topological polar surface area (TPSA) is 117 Å². The summed E-state index contributed by atoms with van der Waals surface area (Å²) < 4.78 is 10.9. The van der Waals surface area contributed by atoms with E-state index in [0.29, 0.717) is 16.9 Å². The Hall–Kier alpha value is -1.70. The Morgan fingerprint density at radius 3 is 2.46 bits per heavy atom. The fraction of sp³-hybridized carbons (Fsp3) is 0.684. The third-order valence-corrected chi connectivity index (χ3v) is 6.72. The number of aliphatic hydroxyl groups is 3. The Morgan fingerprint density at radius 2 is 1.85 bits per heavy atom. The first-order chi connectivity index (χ1) is 12.0. The second-order valence-electron chi connectivity index (χ2n) is 8.62. The zero-order valence-electron chi connectivity index (χ0n) is 15.2. The average molecular weight is 364 g/mol. The molecule has 1 aromatic rings. The number of aliphatic hydroxyl groups excluding tert-OH is 3. The van der Waals surface area contributed by atoms with Crippen molar-refractivity contribution >= 4 is 5.97 Å². The molecule has 3 aliphatic rings. The molecule has 0 amide bonds. The quantitative estimate of drug-likeness (QED) is 0.629. The summed E-state index contributed by atoms with van der Waals surface area (Å²) in [7, 11) is 0. The number of carbonyl (C=O) groups excluding carboxylic acids is 1. The van der Waals surface area contributed by atoms with Crippen LogP contribution in [0.15, 0.2) is 15.3 Å². The van der Waals surface area contributed by atoms with Gasteiger partial charge >= 0.3 is 11.6 Å². The summed E-state index contributed by atoms with van der Waals surface area (Å²) in [5, 5.41) is 32.4. The van der Waals surface area contributed by atoms with Gasteiger partial charge in [0.05, 0.1) is 17.6 Å². The van der Waals surface area contributed by atoms with Crippen molar-refractivity contribution in [1.29, 1.82) is 0 Å². The van der Waals surface area contributed by atoms with E-state index in [1.807, 2.05) is 13.8 Å². The predicted octanol–water partition coefficient (Wildman–Crippen LogP) is 0.741. The number of esters is 1. The monoisotopic (exact) mass is 364 g/mol. The molecule has 1 saturated carbocycles. The minimum atomic E-state index is -1.20. The van der Waals surface area contributed by atoms with Crippen molar-refractivity contribution in [3.05, 3.63) is 33.4 Å². The number of carbonyl (C=O) groups is 1. The maximum absolute atomic E-state index is 12.6. The van der Waals surface area contributed by atoms with Crippen LogP contribution in [0, 0.1) is 11.3 Å². The van der Waals surface area contributed by atoms with Crippen molar-refractivity contribution in [3.63, 3.8) is 0 Å². The molecule has 7 heteroatoms. The molecule has 142 valence electrons. The lowest BCUT2D eigenvalue weighted by Crippen LogP contribution is -2.64. The van der Waals surface area contributed by atoms with E-state index >= 15 is 0 Å². The molecule has 1 aliphatic heterocycles. The van der Waals surface area contributed by atoms with Crippen LogP contribution in [0.2, 0.25) is 0 Å². The summed E-state index contributed by atoms with van der Waals surface area (Å²) in [5.74, 6) is -0.940. The molecule has 7 nitrogen and oxygen atoms in total. The number of ether oxygens (including phenoxy) is 1. The highest BCUT2D eigenvalue weighted by molar-refractivity contribution is 5.81. The molecule has 4 rings (SSSR count). The van der Waals surface area contributed by atoms with E-state index < -0.39 is 52.8 Å². The SMILES string of the molecule is CC(C)c1oc(=O)cc2c1[C@@H](O)[C@H]1OC(=O)[C@@]3(C)C[C@@H](O)[C@@H](O)[C@@]2(C)[C@@H]13. The van der Waals surface area contributed by atoms with E-state index in [9.17, 15) is 24.9 Å². The maximum Gasteiger partial charge on any atom is 0.336 e. The van der Waals surface area contributed by atoms with E-state index in [4.69, 9.17) is 9.15 Å². The zero-order chi connectivity index (χ0) is 19.2. The number of hydrogen-bond acceptors (Lipinski definition) is 7. The fourth-order valence-corrected chi connectivity index (χ4v) is 5.60. The molecule has 7 atom stereocenters. The summed E-state index contributed by atoms with van der Waals surface area (Å²) in [6, 6.07) is 1.27. The molecule has 0 spiro atoms. The van der Waals surface area contributed by atoms with Gasteiger partial charge in [-0.25, -0.2) is 4.79 Å². The van der Waals surface area contributed by atoms with E-state index in [-0.39, 0.29) is 12.3 Å². The van der Waals surface area contributed by atoms with Gasteiger partial charge in [0, 0.05) is 28.9 Å². The minimum Gasteiger partial charge on any atom is -0.458 e. The molecule has 2 heterocycles. The number of fused-ring (bicyclic) bond motifs is 2. The third-order valence-electron chi connectivity index (χ3n) is 6.72. The highest BCUT2D eigenvalue weighted by atomic mass is 16.6. The van der Waals surface area contributed by atoms with Crippen LogP contribution in [0.5, 0.6) is 0 Å². The predicted molar refractivity (Wildman–Crippen MR) is 89.5 cm³/mol. The van der Waals surface area contributed by atoms with Gasteiger partial charge in [0.2, 0.25) is 0 Å². The fourth-order valence-electron chi connectivity index (χ4n) is 5.60. The molecule has 1 saturated heterocycles. The second-order valence-corrected chi connectivity index (χ2v) is 8.62. The van der Waals surface area contributed by atoms with E-state index in [1.54, 1.807) is 13.8 Å². The van der Waals surface area contributed by atoms with Gasteiger partial charge in [-0.1, -0.05) is 20.8 Å². The summed E-state index contributed by atoms with van der Waals surface area (Å²) in [6.45, 7) is 7.08. The molecule has 26 heavy (non-hydrogen) atoms. The van der Waals surface area contributed by atoms with Gasteiger partial charge in [0.25, 0.3) is 0 Å². The largest absolute Gasteiger partial charge is 0.458 e.